The molecule has 2 aromatic rings. The summed E-state index contributed by atoms with van der Waals surface area (Å²) in [4.78, 5) is 14.2. The van der Waals surface area contributed by atoms with Gasteiger partial charge in [0.15, 0.2) is 5.69 Å². The van der Waals surface area contributed by atoms with Gasteiger partial charge in [-0.3, -0.25) is 4.79 Å². The van der Waals surface area contributed by atoms with E-state index in [2.05, 4.69) is 5.10 Å². The van der Waals surface area contributed by atoms with Crippen molar-refractivity contribution in [2.24, 2.45) is 11.1 Å². The number of hydrogen-bond acceptors (Lipinski definition) is 4. The number of nitrogens with two attached hydrogens (primary N) is 1. The van der Waals surface area contributed by atoms with Gasteiger partial charge in [0.2, 0.25) is 0 Å². The fourth-order valence-corrected chi connectivity index (χ4v) is 2.53. The van der Waals surface area contributed by atoms with Crippen LogP contribution >= 0.6 is 0 Å². The molecule has 0 aliphatic carbocycles. The molecule has 0 atom stereocenters. The number of carbonyl (C=O) groups is 1. The zero-order valence-corrected chi connectivity index (χ0v) is 15.0. The van der Waals surface area contributed by atoms with Gasteiger partial charge in [0, 0.05) is 19.8 Å². The minimum Gasteiger partial charge on any atom is -0.494 e. The van der Waals surface area contributed by atoms with Crippen LogP contribution in [0, 0.1) is 12.3 Å². The summed E-state index contributed by atoms with van der Waals surface area (Å²) in [5, 5.41) is 4.42. The number of amides is 1. The highest BCUT2D eigenvalue weighted by atomic mass is 16.5. The molecule has 1 amide bonds. The van der Waals surface area contributed by atoms with Crippen molar-refractivity contribution in [3.8, 4) is 11.4 Å². The Morgan fingerprint density at radius 2 is 2.08 bits per heavy atom. The van der Waals surface area contributed by atoms with Gasteiger partial charge < -0.3 is 15.4 Å². The lowest BCUT2D eigenvalue weighted by Gasteiger charge is -2.28. The Morgan fingerprint density at radius 1 is 1.38 bits per heavy atom. The van der Waals surface area contributed by atoms with Crippen molar-refractivity contribution in [3.63, 3.8) is 0 Å². The number of benzene rings is 1. The van der Waals surface area contributed by atoms with Crippen LogP contribution < -0.4 is 10.5 Å². The van der Waals surface area contributed by atoms with Crippen molar-refractivity contribution in [2.75, 3.05) is 27.2 Å². The molecule has 0 aliphatic rings. The van der Waals surface area contributed by atoms with Gasteiger partial charge in [0.25, 0.3) is 5.91 Å². The molecule has 0 fully saturated rings. The van der Waals surface area contributed by atoms with E-state index in [0.717, 1.165) is 11.3 Å². The highest BCUT2D eigenvalue weighted by molar-refractivity contribution is 5.92. The number of rotatable bonds is 6. The van der Waals surface area contributed by atoms with E-state index < -0.39 is 0 Å². The molecule has 0 aliphatic heterocycles. The Kier molecular flexibility index (Phi) is 5.29. The first-order valence-corrected chi connectivity index (χ1v) is 7.93. The van der Waals surface area contributed by atoms with Crippen LogP contribution in [0.25, 0.3) is 5.69 Å². The number of aryl methyl sites for hydroxylation is 1. The minimum atomic E-state index is -0.132. The molecule has 0 spiro atoms. The highest BCUT2D eigenvalue weighted by Crippen LogP contribution is 2.24. The Hall–Kier alpha value is -2.34. The maximum absolute atomic E-state index is 12.6. The van der Waals surface area contributed by atoms with Gasteiger partial charge in [0.1, 0.15) is 11.4 Å². The predicted octanol–water partition coefficient (Wildman–Crippen LogP) is 2.25. The lowest BCUT2D eigenvalue weighted by Crippen LogP contribution is -2.39. The second-order valence-electron chi connectivity index (χ2n) is 6.85. The Morgan fingerprint density at radius 3 is 2.71 bits per heavy atom. The Labute approximate surface area is 143 Å². The summed E-state index contributed by atoms with van der Waals surface area (Å²) in [6, 6.07) is 7.56. The van der Waals surface area contributed by atoms with Crippen LogP contribution in [-0.4, -0.2) is 47.8 Å². The summed E-state index contributed by atoms with van der Waals surface area (Å²) >= 11 is 0. The summed E-state index contributed by atoms with van der Waals surface area (Å²) in [7, 11) is 3.39. The van der Waals surface area contributed by atoms with Crippen molar-refractivity contribution < 1.29 is 9.53 Å². The molecule has 24 heavy (non-hydrogen) atoms. The largest absolute Gasteiger partial charge is 0.494 e. The molecular weight excluding hydrogens is 304 g/mol. The first-order valence-electron chi connectivity index (χ1n) is 7.93. The molecule has 0 unspecified atom stereocenters. The zero-order valence-electron chi connectivity index (χ0n) is 15.0. The number of nitrogens with zero attached hydrogens (tertiary/aromatic N) is 3. The molecule has 0 saturated heterocycles. The van der Waals surface area contributed by atoms with Crippen molar-refractivity contribution in [2.45, 2.75) is 20.8 Å². The van der Waals surface area contributed by atoms with E-state index in [4.69, 9.17) is 10.5 Å². The van der Waals surface area contributed by atoms with E-state index >= 15 is 0 Å². The van der Waals surface area contributed by atoms with Gasteiger partial charge >= 0.3 is 0 Å². The third-order valence-electron chi connectivity index (χ3n) is 3.95. The normalized spacial score (nSPS) is 11.4. The Balaban J connectivity index is 2.25. The SMILES string of the molecule is COc1ccc(C)cc1-n1ccc(C(=O)N(C)CC(C)(C)CN)n1. The molecule has 1 aromatic heterocycles. The molecule has 2 N–H and O–H groups in total. The van der Waals surface area contributed by atoms with Crippen LogP contribution in [0.1, 0.15) is 29.9 Å². The van der Waals surface area contributed by atoms with Gasteiger partial charge in [-0.15, -0.1) is 0 Å². The number of ether oxygens (including phenoxy) is 1. The van der Waals surface area contributed by atoms with E-state index in [0.29, 0.717) is 24.5 Å². The van der Waals surface area contributed by atoms with E-state index in [1.807, 2.05) is 39.0 Å². The molecule has 0 saturated carbocycles. The summed E-state index contributed by atoms with van der Waals surface area (Å²) in [5.41, 5.74) is 7.91. The standard InChI is InChI=1S/C18H26N4O2/c1-13-6-7-16(24-5)15(10-13)22-9-8-14(20-22)17(23)21(4)12-18(2,3)11-19/h6-10H,11-12,19H2,1-5H3. The smallest absolute Gasteiger partial charge is 0.274 e. The average molecular weight is 330 g/mol. The zero-order chi connectivity index (χ0) is 17.9. The number of hydrogen-bond donors (Lipinski definition) is 1. The van der Waals surface area contributed by atoms with Gasteiger partial charge in [0.05, 0.1) is 7.11 Å². The lowest BCUT2D eigenvalue weighted by molar-refractivity contribution is 0.0734. The minimum absolute atomic E-state index is 0.123. The molecule has 0 bridgehead atoms. The fourth-order valence-electron chi connectivity index (χ4n) is 2.53. The summed E-state index contributed by atoms with van der Waals surface area (Å²) < 4.78 is 7.05. The molecule has 2 rings (SSSR count). The molecule has 1 aromatic carbocycles. The molecule has 6 nitrogen and oxygen atoms in total. The van der Waals surface area contributed by atoms with E-state index in [-0.39, 0.29) is 11.3 Å². The van der Waals surface area contributed by atoms with Crippen LogP contribution in [0.5, 0.6) is 5.75 Å². The van der Waals surface area contributed by atoms with Crippen molar-refractivity contribution >= 4 is 5.91 Å². The van der Waals surface area contributed by atoms with Crippen LogP contribution in [0.15, 0.2) is 30.5 Å². The number of methoxy groups -OCH3 is 1. The molecule has 130 valence electrons. The van der Waals surface area contributed by atoms with Crippen LogP contribution in [0.2, 0.25) is 0 Å². The monoisotopic (exact) mass is 330 g/mol. The Bertz CT molecular complexity index is 722. The van der Waals surface area contributed by atoms with Gasteiger partial charge in [-0.25, -0.2) is 4.68 Å². The highest BCUT2D eigenvalue weighted by Gasteiger charge is 2.23. The van der Waals surface area contributed by atoms with Gasteiger partial charge in [-0.05, 0) is 42.6 Å². The third-order valence-corrected chi connectivity index (χ3v) is 3.95. The van der Waals surface area contributed by atoms with E-state index in [1.54, 1.807) is 36.0 Å². The second kappa shape index (κ2) is 7.05. The van der Waals surface area contributed by atoms with Crippen LogP contribution in [-0.2, 0) is 0 Å². The van der Waals surface area contributed by atoms with Crippen LogP contribution in [0.3, 0.4) is 0 Å². The first-order chi connectivity index (χ1) is 11.3. The maximum Gasteiger partial charge on any atom is 0.274 e. The summed E-state index contributed by atoms with van der Waals surface area (Å²) in [5.74, 6) is 0.585. The molecular formula is C18H26N4O2. The summed E-state index contributed by atoms with van der Waals surface area (Å²) in [6.07, 6.45) is 1.77. The lowest BCUT2D eigenvalue weighted by atomic mass is 9.93. The molecule has 6 heteroatoms. The van der Waals surface area contributed by atoms with E-state index in [1.165, 1.54) is 0 Å². The van der Waals surface area contributed by atoms with Crippen LogP contribution in [0.4, 0.5) is 0 Å². The van der Waals surface area contributed by atoms with Gasteiger partial charge in [-0.1, -0.05) is 19.9 Å². The average Bonchev–Trinajstić information content (AvgIpc) is 3.03. The second-order valence-corrected chi connectivity index (χ2v) is 6.85. The van der Waals surface area contributed by atoms with E-state index in [9.17, 15) is 4.79 Å². The predicted molar refractivity (Wildman–Crippen MR) is 94.6 cm³/mol. The number of aromatic nitrogens is 2. The van der Waals surface area contributed by atoms with Gasteiger partial charge in [-0.2, -0.15) is 5.10 Å². The molecule has 1 heterocycles. The molecule has 0 radical (unpaired) electrons. The number of carbonyl (C=O) groups excluding carboxylic acids is 1. The van der Waals surface area contributed by atoms with Crippen molar-refractivity contribution in [1.29, 1.82) is 0 Å². The topological polar surface area (TPSA) is 73.4 Å². The quantitative estimate of drug-likeness (QED) is 0.881. The first kappa shape index (κ1) is 18.0. The third kappa shape index (κ3) is 3.94. The fraction of sp³-hybridized carbons (Fsp3) is 0.444. The summed E-state index contributed by atoms with van der Waals surface area (Å²) in [6.45, 7) is 7.16. The maximum atomic E-state index is 12.6. The van der Waals surface area contributed by atoms with Crippen molar-refractivity contribution in [3.05, 3.63) is 41.7 Å². The van der Waals surface area contributed by atoms with Crippen molar-refractivity contribution in [1.82, 2.24) is 14.7 Å².